The lowest BCUT2D eigenvalue weighted by atomic mass is 10.2. The van der Waals surface area contributed by atoms with Crippen LogP contribution in [0.25, 0.3) is 21.8 Å². The third-order valence-electron chi connectivity index (χ3n) is 4.81. The Kier molecular flexibility index (Phi) is 5.00. The summed E-state index contributed by atoms with van der Waals surface area (Å²) in [5, 5.41) is 1.81. The van der Waals surface area contributed by atoms with Gasteiger partial charge in [-0.05, 0) is 37.6 Å². The zero-order chi connectivity index (χ0) is 19.7. The molecule has 4 rings (SSSR count). The fourth-order valence-electron chi connectivity index (χ4n) is 3.13. The second-order valence-corrected chi connectivity index (χ2v) is 7.60. The molecule has 0 amide bonds. The third kappa shape index (κ3) is 3.33. The molecule has 2 heterocycles. The van der Waals surface area contributed by atoms with Gasteiger partial charge in [0.05, 0.1) is 27.6 Å². The standard InChI is InChI=1S/C21H20N4O2S/c1-3-13(2)25-20(27)15-9-5-7-11-17(15)23-21(25)28-12-18-22-16-10-6-4-8-14(16)19(26)24-18/h4-11,13H,3,12H2,1-2H3,(H,22,24,26)/t13-/m1/s1. The van der Waals surface area contributed by atoms with E-state index >= 15 is 0 Å². The van der Waals surface area contributed by atoms with E-state index in [0.717, 1.165) is 6.42 Å². The quantitative estimate of drug-likeness (QED) is 0.412. The maximum Gasteiger partial charge on any atom is 0.262 e. The van der Waals surface area contributed by atoms with E-state index in [0.29, 0.717) is 38.5 Å². The molecule has 1 N–H and O–H groups in total. The Morgan fingerprint density at radius 3 is 2.36 bits per heavy atom. The number of rotatable bonds is 5. The Morgan fingerprint density at radius 1 is 1.00 bits per heavy atom. The number of benzene rings is 2. The van der Waals surface area contributed by atoms with E-state index in [1.165, 1.54) is 11.8 Å². The summed E-state index contributed by atoms with van der Waals surface area (Å²) in [7, 11) is 0. The molecule has 0 unspecified atom stereocenters. The molecule has 142 valence electrons. The van der Waals surface area contributed by atoms with Crippen LogP contribution in [0.3, 0.4) is 0 Å². The van der Waals surface area contributed by atoms with Crippen molar-refractivity contribution < 1.29 is 0 Å². The molecule has 6 nitrogen and oxygen atoms in total. The molecule has 0 saturated carbocycles. The largest absolute Gasteiger partial charge is 0.309 e. The van der Waals surface area contributed by atoms with Crippen LogP contribution in [0.4, 0.5) is 0 Å². The average molecular weight is 392 g/mol. The first kappa shape index (κ1) is 18.4. The molecule has 0 aliphatic carbocycles. The number of fused-ring (bicyclic) bond motifs is 2. The Labute approximate surface area is 165 Å². The lowest BCUT2D eigenvalue weighted by Gasteiger charge is -2.18. The maximum atomic E-state index is 13.0. The normalized spacial score (nSPS) is 12.5. The summed E-state index contributed by atoms with van der Waals surface area (Å²) < 4.78 is 1.74. The van der Waals surface area contributed by atoms with Gasteiger partial charge in [0, 0.05) is 6.04 Å². The van der Waals surface area contributed by atoms with E-state index in [2.05, 4.69) is 9.97 Å². The van der Waals surface area contributed by atoms with Gasteiger partial charge in [-0.3, -0.25) is 14.2 Å². The van der Waals surface area contributed by atoms with E-state index in [1.54, 1.807) is 16.7 Å². The molecule has 0 saturated heterocycles. The minimum Gasteiger partial charge on any atom is -0.309 e. The molecular weight excluding hydrogens is 372 g/mol. The molecule has 0 bridgehead atoms. The van der Waals surface area contributed by atoms with Gasteiger partial charge < -0.3 is 4.98 Å². The number of aromatic amines is 1. The summed E-state index contributed by atoms with van der Waals surface area (Å²) in [6.07, 6.45) is 0.818. The molecule has 0 aliphatic rings. The fourth-order valence-corrected chi connectivity index (χ4v) is 4.10. The van der Waals surface area contributed by atoms with Gasteiger partial charge in [0.2, 0.25) is 0 Å². The summed E-state index contributed by atoms with van der Waals surface area (Å²) in [5.41, 5.74) is 1.14. The summed E-state index contributed by atoms with van der Waals surface area (Å²) in [6.45, 7) is 4.06. The number of aromatic nitrogens is 4. The highest BCUT2D eigenvalue weighted by molar-refractivity contribution is 7.98. The van der Waals surface area contributed by atoms with Gasteiger partial charge in [-0.15, -0.1) is 0 Å². The minimum absolute atomic E-state index is 0.0238. The third-order valence-corrected chi connectivity index (χ3v) is 5.77. The second kappa shape index (κ2) is 7.59. The minimum atomic E-state index is -0.160. The van der Waals surface area contributed by atoms with Crippen molar-refractivity contribution in [3.05, 3.63) is 75.1 Å². The van der Waals surface area contributed by atoms with Crippen molar-refractivity contribution in [3.63, 3.8) is 0 Å². The number of thioether (sulfide) groups is 1. The van der Waals surface area contributed by atoms with Gasteiger partial charge in [0.15, 0.2) is 5.16 Å². The first-order chi connectivity index (χ1) is 13.6. The average Bonchev–Trinajstić information content (AvgIpc) is 2.72. The fraction of sp³-hybridized carbons (Fsp3) is 0.238. The maximum absolute atomic E-state index is 13.0. The van der Waals surface area contributed by atoms with E-state index < -0.39 is 0 Å². The predicted octanol–water partition coefficient (Wildman–Crippen LogP) is 3.90. The SMILES string of the molecule is CC[C@@H](C)n1c(SCc2nc3ccccc3c(=O)[nH]2)nc2ccccc2c1=O. The monoisotopic (exact) mass is 392 g/mol. The van der Waals surface area contributed by atoms with Gasteiger partial charge in [-0.1, -0.05) is 43.0 Å². The van der Waals surface area contributed by atoms with Gasteiger partial charge in [-0.25, -0.2) is 9.97 Å². The van der Waals surface area contributed by atoms with E-state index in [4.69, 9.17) is 4.98 Å². The molecule has 2 aromatic heterocycles. The van der Waals surface area contributed by atoms with Crippen LogP contribution in [0.2, 0.25) is 0 Å². The number of nitrogens with one attached hydrogen (secondary N) is 1. The van der Waals surface area contributed by atoms with Crippen LogP contribution in [0, 0.1) is 0 Å². The molecule has 0 aliphatic heterocycles. The number of hydrogen-bond donors (Lipinski definition) is 1. The molecular formula is C21H20N4O2S. The number of para-hydroxylation sites is 2. The Morgan fingerprint density at radius 2 is 1.64 bits per heavy atom. The van der Waals surface area contributed by atoms with Crippen molar-refractivity contribution in [2.75, 3.05) is 0 Å². The highest BCUT2D eigenvalue weighted by Crippen LogP contribution is 2.24. The molecule has 0 fully saturated rings. The van der Waals surface area contributed by atoms with Crippen LogP contribution < -0.4 is 11.1 Å². The molecule has 2 aromatic carbocycles. The van der Waals surface area contributed by atoms with Crippen molar-refractivity contribution in [1.82, 2.24) is 19.5 Å². The van der Waals surface area contributed by atoms with Crippen LogP contribution in [-0.4, -0.2) is 19.5 Å². The Balaban J connectivity index is 1.75. The van der Waals surface area contributed by atoms with Crippen molar-refractivity contribution in [2.24, 2.45) is 0 Å². The summed E-state index contributed by atoms with van der Waals surface area (Å²) in [5.74, 6) is 0.980. The highest BCUT2D eigenvalue weighted by Gasteiger charge is 2.16. The smallest absolute Gasteiger partial charge is 0.262 e. The van der Waals surface area contributed by atoms with Crippen LogP contribution in [0.1, 0.15) is 32.1 Å². The van der Waals surface area contributed by atoms with Crippen LogP contribution in [0.5, 0.6) is 0 Å². The first-order valence-electron chi connectivity index (χ1n) is 9.20. The predicted molar refractivity (Wildman–Crippen MR) is 113 cm³/mol. The van der Waals surface area contributed by atoms with Gasteiger partial charge >= 0.3 is 0 Å². The number of nitrogens with zero attached hydrogens (tertiary/aromatic N) is 3. The van der Waals surface area contributed by atoms with Gasteiger partial charge in [-0.2, -0.15) is 0 Å². The van der Waals surface area contributed by atoms with E-state index in [-0.39, 0.29) is 17.2 Å². The summed E-state index contributed by atoms with van der Waals surface area (Å²) in [4.78, 5) is 37.4. The van der Waals surface area contributed by atoms with Crippen LogP contribution >= 0.6 is 11.8 Å². The zero-order valence-electron chi connectivity index (χ0n) is 15.7. The van der Waals surface area contributed by atoms with Gasteiger partial charge in [0.1, 0.15) is 5.82 Å². The zero-order valence-corrected chi connectivity index (χ0v) is 16.5. The van der Waals surface area contributed by atoms with Gasteiger partial charge in [0.25, 0.3) is 11.1 Å². The number of hydrogen-bond acceptors (Lipinski definition) is 5. The highest BCUT2D eigenvalue weighted by atomic mass is 32.2. The lowest BCUT2D eigenvalue weighted by Crippen LogP contribution is -2.26. The molecule has 1 atom stereocenters. The topological polar surface area (TPSA) is 80.6 Å². The van der Waals surface area contributed by atoms with Crippen molar-refractivity contribution >= 4 is 33.6 Å². The van der Waals surface area contributed by atoms with Crippen molar-refractivity contribution in [2.45, 2.75) is 37.2 Å². The molecule has 7 heteroatoms. The van der Waals surface area contributed by atoms with E-state index in [1.807, 2.05) is 50.2 Å². The van der Waals surface area contributed by atoms with Crippen LogP contribution in [-0.2, 0) is 5.75 Å². The van der Waals surface area contributed by atoms with Crippen molar-refractivity contribution in [3.8, 4) is 0 Å². The molecule has 4 aromatic rings. The second-order valence-electron chi connectivity index (χ2n) is 6.66. The summed E-state index contributed by atoms with van der Waals surface area (Å²) in [6, 6.07) is 14.6. The van der Waals surface area contributed by atoms with Crippen LogP contribution in [0.15, 0.2) is 63.3 Å². The number of H-pyrrole nitrogens is 1. The Hall–Kier alpha value is -2.93. The summed E-state index contributed by atoms with van der Waals surface area (Å²) >= 11 is 1.41. The first-order valence-corrected chi connectivity index (χ1v) is 10.2. The lowest BCUT2D eigenvalue weighted by molar-refractivity contribution is 0.468. The molecule has 0 radical (unpaired) electrons. The molecule has 28 heavy (non-hydrogen) atoms. The van der Waals surface area contributed by atoms with Crippen molar-refractivity contribution in [1.29, 1.82) is 0 Å². The molecule has 0 spiro atoms. The van der Waals surface area contributed by atoms with E-state index in [9.17, 15) is 9.59 Å². The Bertz CT molecular complexity index is 1280.